The summed E-state index contributed by atoms with van der Waals surface area (Å²) in [5, 5.41) is 0. The SMILES string of the molecule is CCCCc1ccccc1OP(O)(O)=S. The lowest BCUT2D eigenvalue weighted by Gasteiger charge is -2.13. The summed E-state index contributed by atoms with van der Waals surface area (Å²) in [5.41, 5.74) is 0.969. The highest BCUT2D eigenvalue weighted by atomic mass is 32.5. The molecule has 2 N–H and O–H groups in total. The Labute approximate surface area is 95.0 Å². The van der Waals surface area contributed by atoms with Crippen LogP contribution in [0.1, 0.15) is 25.3 Å². The molecule has 0 aliphatic rings. The number of benzene rings is 1. The van der Waals surface area contributed by atoms with Crippen LogP contribution in [-0.2, 0) is 18.2 Å². The van der Waals surface area contributed by atoms with E-state index in [2.05, 4.69) is 18.7 Å². The minimum Gasteiger partial charge on any atom is -0.424 e. The van der Waals surface area contributed by atoms with Gasteiger partial charge in [0.1, 0.15) is 5.75 Å². The average Bonchev–Trinajstić information content (AvgIpc) is 2.14. The van der Waals surface area contributed by atoms with Crippen molar-refractivity contribution in [2.75, 3.05) is 0 Å². The second-order valence-electron chi connectivity index (χ2n) is 3.29. The van der Waals surface area contributed by atoms with Crippen LogP contribution in [0.3, 0.4) is 0 Å². The fourth-order valence-corrected chi connectivity index (χ4v) is 1.97. The largest absolute Gasteiger partial charge is 0.424 e. The zero-order chi connectivity index (χ0) is 11.3. The molecule has 3 nitrogen and oxygen atoms in total. The summed E-state index contributed by atoms with van der Waals surface area (Å²) in [6.07, 6.45) is 2.99. The fraction of sp³-hybridized carbons (Fsp3) is 0.400. The molecule has 84 valence electrons. The van der Waals surface area contributed by atoms with Gasteiger partial charge in [-0.15, -0.1) is 0 Å². The van der Waals surface area contributed by atoms with Gasteiger partial charge in [-0.25, -0.2) is 0 Å². The molecule has 0 saturated heterocycles. The van der Waals surface area contributed by atoms with Gasteiger partial charge in [-0.05, 0) is 24.5 Å². The van der Waals surface area contributed by atoms with Crippen LogP contribution in [-0.4, -0.2) is 9.79 Å². The molecule has 0 atom stereocenters. The third kappa shape index (κ3) is 4.76. The minimum absolute atomic E-state index is 0.485. The van der Waals surface area contributed by atoms with Crippen molar-refractivity contribution in [3.05, 3.63) is 29.8 Å². The van der Waals surface area contributed by atoms with Crippen molar-refractivity contribution in [1.82, 2.24) is 0 Å². The molecule has 0 fully saturated rings. The maximum Gasteiger partial charge on any atom is 0.375 e. The maximum absolute atomic E-state index is 9.08. The van der Waals surface area contributed by atoms with Crippen LogP contribution in [0.25, 0.3) is 0 Å². The topological polar surface area (TPSA) is 49.7 Å². The number of hydrogen-bond acceptors (Lipinski definition) is 2. The van der Waals surface area contributed by atoms with Crippen LogP contribution in [0.2, 0.25) is 0 Å². The van der Waals surface area contributed by atoms with E-state index in [0.29, 0.717) is 5.75 Å². The van der Waals surface area contributed by atoms with Gasteiger partial charge in [0.15, 0.2) is 0 Å². The molecule has 0 bridgehead atoms. The van der Waals surface area contributed by atoms with Crippen LogP contribution in [0.4, 0.5) is 0 Å². The first-order valence-electron chi connectivity index (χ1n) is 4.86. The van der Waals surface area contributed by atoms with E-state index in [1.54, 1.807) is 12.1 Å². The van der Waals surface area contributed by atoms with Crippen molar-refractivity contribution < 1.29 is 14.3 Å². The molecule has 1 aromatic rings. The summed E-state index contributed by atoms with van der Waals surface area (Å²) in [6.45, 7) is -1.51. The van der Waals surface area contributed by atoms with Crippen molar-refractivity contribution >= 4 is 18.5 Å². The lowest BCUT2D eigenvalue weighted by atomic mass is 10.1. The fourth-order valence-electron chi connectivity index (χ4n) is 1.29. The van der Waals surface area contributed by atoms with Crippen molar-refractivity contribution in [2.45, 2.75) is 26.2 Å². The molecule has 1 aromatic carbocycles. The summed E-state index contributed by atoms with van der Waals surface area (Å²) in [4.78, 5) is 18.2. The van der Waals surface area contributed by atoms with Crippen molar-refractivity contribution in [1.29, 1.82) is 0 Å². The number of rotatable bonds is 5. The van der Waals surface area contributed by atoms with E-state index < -0.39 is 6.72 Å². The standard InChI is InChI=1S/C10H15O3PS/c1-2-3-6-9-7-4-5-8-10(9)13-14(11,12)15/h4-5,7-8H,2-3,6H2,1H3,(H2,11,12,15). The van der Waals surface area contributed by atoms with Gasteiger partial charge in [-0.3, -0.25) is 0 Å². The van der Waals surface area contributed by atoms with E-state index in [1.165, 1.54) is 0 Å². The second-order valence-corrected chi connectivity index (χ2v) is 5.88. The Morgan fingerprint density at radius 3 is 2.60 bits per heavy atom. The predicted octanol–water partition coefficient (Wildman–Crippen LogP) is 2.62. The summed E-state index contributed by atoms with van der Waals surface area (Å²) < 4.78 is 4.97. The van der Waals surface area contributed by atoms with Crippen LogP contribution in [0, 0.1) is 0 Å². The quantitative estimate of drug-likeness (QED) is 0.784. The van der Waals surface area contributed by atoms with Gasteiger partial charge in [-0.1, -0.05) is 31.5 Å². The van der Waals surface area contributed by atoms with Crippen molar-refractivity contribution in [3.63, 3.8) is 0 Å². The van der Waals surface area contributed by atoms with E-state index in [9.17, 15) is 0 Å². The summed E-state index contributed by atoms with van der Waals surface area (Å²) >= 11 is 4.44. The van der Waals surface area contributed by atoms with E-state index in [4.69, 9.17) is 14.3 Å². The second kappa shape index (κ2) is 5.61. The highest BCUT2D eigenvalue weighted by Crippen LogP contribution is 2.39. The molecular formula is C10H15O3PS. The maximum atomic E-state index is 9.08. The Kier molecular flexibility index (Phi) is 4.74. The lowest BCUT2D eigenvalue weighted by Crippen LogP contribution is -1.95. The van der Waals surface area contributed by atoms with E-state index in [-0.39, 0.29) is 0 Å². The Balaban J connectivity index is 2.81. The molecule has 0 spiro atoms. The first-order valence-corrected chi connectivity index (χ1v) is 7.48. The summed E-state index contributed by atoms with van der Waals surface area (Å²) in [7, 11) is 0. The molecule has 0 saturated carbocycles. The van der Waals surface area contributed by atoms with E-state index in [0.717, 1.165) is 24.8 Å². The van der Waals surface area contributed by atoms with Crippen LogP contribution >= 0.6 is 6.72 Å². The molecule has 1 rings (SSSR count). The third-order valence-corrected chi connectivity index (χ3v) is 2.65. The Hall–Kier alpha value is -0.410. The molecule has 0 radical (unpaired) electrons. The third-order valence-electron chi connectivity index (χ3n) is 1.99. The van der Waals surface area contributed by atoms with Gasteiger partial charge < -0.3 is 14.3 Å². The average molecular weight is 246 g/mol. The number of para-hydroxylation sites is 1. The summed E-state index contributed by atoms with van der Waals surface area (Å²) in [5.74, 6) is 0.485. The van der Waals surface area contributed by atoms with Crippen LogP contribution in [0.15, 0.2) is 24.3 Å². The molecular weight excluding hydrogens is 231 g/mol. The monoisotopic (exact) mass is 246 g/mol. The Morgan fingerprint density at radius 2 is 2.00 bits per heavy atom. The van der Waals surface area contributed by atoms with Crippen LogP contribution in [0.5, 0.6) is 5.75 Å². The smallest absolute Gasteiger partial charge is 0.375 e. The highest BCUT2D eigenvalue weighted by Gasteiger charge is 2.12. The summed E-state index contributed by atoms with van der Waals surface area (Å²) in [6, 6.07) is 7.31. The van der Waals surface area contributed by atoms with Crippen molar-refractivity contribution in [3.8, 4) is 5.75 Å². The molecule has 0 aliphatic heterocycles. The van der Waals surface area contributed by atoms with Gasteiger partial charge in [0.2, 0.25) is 0 Å². The molecule has 0 aromatic heterocycles. The van der Waals surface area contributed by atoms with Crippen molar-refractivity contribution in [2.24, 2.45) is 0 Å². The van der Waals surface area contributed by atoms with Gasteiger partial charge in [-0.2, -0.15) is 0 Å². The van der Waals surface area contributed by atoms with Gasteiger partial charge in [0, 0.05) is 11.8 Å². The zero-order valence-corrected chi connectivity index (χ0v) is 10.3. The molecule has 5 heteroatoms. The van der Waals surface area contributed by atoms with E-state index >= 15 is 0 Å². The van der Waals surface area contributed by atoms with Gasteiger partial charge in [0.05, 0.1) is 0 Å². The van der Waals surface area contributed by atoms with Gasteiger partial charge in [0.25, 0.3) is 0 Å². The highest BCUT2D eigenvalue weighted by molar-refractivity contribution is 8.06. The molecule has 0 unspecified atom stereocenters. The number of aryl methyl sites for hydroxylation is 1. The molecule has 0 heterocycles. The molecule has 0 amide bonds. The molecule has 15 heavy (non-hydrogen) atoms. The van der Waals surface area contributed by atoms with Crippen LogP contribution < -0.4 is 4.52 Å². The Bertz CT molecular complexity index is 361. The number of hydrogen-bond donors (Lipinski definition) is 2. The normalized spacial score (nSPS) is 11.4. The number of unbranched alkanes of at least 4 members (excludes halogenated alkanes) is 1. The first-order chi connectivity index (χ1) is 7.03. The van der Waals surface area contributed by atoms with Gasteiger partial charge >= 0.3 is 6.72 Å². The molecule has 0 aliphatic carbocycles. The first kappa shape index (κ1) is 12.7. The predicted molar refractivity (Wildman–Crippen MR) is 64.4 cm³/mol. The zero-order valence-electron chi connectivity index (χ0n) is 8.59. The van der Waals surface area contributed by atoms with E-state index in [1.807, 2.05) is 12.1 Å². The lowest BCUT2D eigenvalue weighted by molar-refractivity contribution is 0.369. The minimum atomic E-state index is -3.61. The Morgan fingerprint density at radius 1 is 1.33 bits per heavy atom.